The lowest BCUT2D eigenvalue weighted by Crippen LogP contribution is -2.18. The van der Waals surface area contributed by atoms with Gasteiger partial charge in [-0.05, 0) is 30.3 Å². The normalized spacial score (nSPS) is 10.2. The number of amides is 2. The zero-order chi connectivity index (χ0) is 17.4. The van der Waals surface area contributed by atoms with Gasteiger partial charge >= 0.3 is 0 Å². The van der Waals surface area contributed by atoms with E-state index >= 15 is 0 Å². The van der Waals surface area contributed by atoms with Crippen molar-refractivity contribution < 1.29 is 14.3 Å². The molecule has 0 unspecified atom stereocenters. The lowest BCUT2D eigenvalue weighted by Gasteiger charge is -2.09. The predicted octanol–water partition coefficient (Wildman–Crippen LogP) is 3.66. The molecule has 2 aromatic carbocycles. The van der Waals surface area contributed by atoms with Crippen molar-refractivity contribution in [2.24, 2.45) is 0 Å². The number of hydrogen-bond acceptors (Lipinski definition) is 4. The number of hydrogen-bond donors (Lipinski definition) is 2. The van der Waals surface area contributed by atoms with Crippen LogP contribution in [0.4, 0.5) is 11.4 Å². The maximum atomic E-state index is 12.1. The van der Waals surface area contributed by atoms with Crippen molar-refractivity contribution in [3.63, 3.8) is 0 Å². The van der Waals surface area contributed by atoms with E-state index in [-0.39, 0.29) is 24.2 Å². The lowest BCUT2D eigenvalue weighted by molar-refractivity contribution is -0.119. The number of rotatable bonds is 7. The maximum Gasteiger partial charge on any atom is 0.250 e. The Morgan fingerprint density at radius 1 is 1.04 bits per heavy atom. The largest absolute Gasteiger partial charge is 0.375 e. The van der Waals surface area contributed by atoms with Gasteiger partial charge in [0.15, 0.2) is 0 Å². The molecule has 0 saturated carbocycles. The molecule has 0 spiro atoms. The lowest BCUT2D eigenvalue weighted by atomic mass is 10.2. The predicted molar refractivity (Wildman–Crippen MR) is 97.8 cm³/mol. The number of thioether (sulfide) groups is 1. The molecule has 126 valence electrons. The molecule has 0 atom stereocenters. The number of anilines is 2. The molecule has 0 bridgehead atoms. The molecule has 0 aliphatic carbocycles. The molecular formula is C17H17ClN2O3S. The Kier molecular flexibility index (Phi) is 7.11. The van der Waals surface area contributed by atoms with Gasteiger partial charge in [0.2, 0.25) is 11.8 Å². The van der Waals surface area contributed by atoms with Crippen molar-refractivity contribution in [3.8, 4) is 0 Å². The molecule has 2 N–H and O–H groups in total. The molecular weight excluding hydrogens is 348 g/mol. The summed E-state index contributed by atoms with van der Waals surface area (Å²) in [6.07, 6.45) is 0. The molecule has 0 fully saturated rings. The van der Waals surface area contributed by atoms with Crippen LogP contribution in [0.25, 0.3) is 0 Å². The molecule has 24 heavy (non-hydrogen) atoms. The van der Waals surface area contributed by atoms with Crippen LogP contribution in [0.1, 0.15) is 0 Å². The van der Waals surface area contributed by atoms with Gasteiger partial charge in [-0.3, -0.25) is 9.59 Å². The van der Waals surface area contributed by atoms with Crippen LogP contribution < -0.4 is 10.6 Å². The monoisotopic (exact) mass is 364 g/mol. The topological polar surface area (TPSA) is 67.4 Å². The molecule has 0 aliphatic heterocycles. The standard InChI is InChI=1S/C17H17ClN2O3S/c1-23-10-16(21)19-12-5-4-6-13(9-12)20-17(22)11-24-15-8-3-2-7-14(15)18/h2-9H,10-11H2,1H3,(H,19,21)(H,20,22). The van der Waals surface area contributed by atoms with Crippen molar-refractivity contribution in [3.05, 3.63) is 53.6 Å². The summed E-state index contributed by atoms with van der Waals surface area (Å²) in [6.45, 7) is -0.0228. The smallest absolute Gasteiger partial charge is 0.250 e. The highest BCUT2D eigenvalue weighted by atomic mass is 35.5. The van der Waals surface area contributed by atoms with Crippen molar-refractivity contribution in [1.82, 2.24) is 0 Å². The fraction of sp³-hybridized carbons (Fsp3) is 0.176. The summed E-state index contributed by atoms with van der Waals surface area (Å²) in [4.78, 5) is 24.4. The van der Waals surface area contributed by atoms with Crippen molar-refractivity contribution in [2.75, 3.05) is 30.1 Å². The van der Waals surface area contributed by atoms with Gasteiger partial charge in [0.1, 0.15) is 6.61 Å². The van der Waals surface area contributed by atoms with Gasteiger partial charge in [0, 0.05) is 23.4 Å². The number of nitrogens with one attached hydrogen (secondary N) is 2. The van der Waals surface area contributed by atoms with E-state index in [1.54, 1.807) is 30.3 Å². The molecule has 0 heterocycles. The first kappa shape index (κ1) is 18.3. The minimum Gasteiger partial charge on any atom is -0.375 e. The molecule has 2 aromatic rings. The number of methoxy groups -OCH3 is 1. The summed E-state index contributed by atoms with van der Waals surface area (Å²) in [7, 11) is 1.45. The Morgan fingerprint density at radius 2 is 1.71 bits per heavy atom. The minimum atomic E-state index is -0.254. The second kappa shape index (κ2) is 9.32. The van der Waals surface area contributed by atoms with Crippen LogP contribution in [-0.2, 0) is 14.3 Å². The first-order chi connectivity index (χ1) is 11.6. The Labute approximate surface area is 149 Å². The molecule has 0 aromatic heterocycles. The third kappa shape index (κ3) is 5.88. The Hall–Kier alpha value is -2.02. The van der Waals surface area contributed by atoms with E-state index in [9.17, 15) is 9.59 Å². The molecule has 0 aliphatic rings. The maximum absolute atomic E-state index is 12.1. The van der Waals surface area contributed by atoms with E-state index in [0.29, 0.717) is 16.4 Å². The van der Waals surface area contributed by atoms with Crippen LogP contribution in [0, 0.1) is 0 Å². The quantitative estimate of drug-likeness (QED) is 0.736. The van der Waals surface area contributed by atoms with Gasteiger partial charge in [-0.15, -0.1) is 11.8 Å². The summed E-state index contributed by atoms with van der Waals surface area (Å²) in [5, 5.41) is 6.10. The third-order valence-corrected chi connectivity index (χ3v) is 4.42. The SMILES string of the molecule is COCC(=O)Nc1cccc(NC(=O)CSc2ccccc2Cl)c1. The minimum absolute atomic E-state index is 0.0228. The second-order valence-corrected chi connectivity index (χ2v) is 6.25. The average molecular weight is 365 g/mol. The highest BCUT2D eigenvalue weighted by Crippen LogP contribution is 2.26. The van der Waals surface area contributed by atoms with Crippen LogP contribution >= 0.6 is 23.4 Å². The Balaban J connectivity index is 1.89. The summed E-state index contributed by atoms with van der Waals surface area (Å²) >= 11 is 7.43. The number of carbonyl (C=O) groups excluding carboxylic acids is 2. The molecule has 2 rings (SSSR count). The number of halogens is 1. The van der Waals surface area contributed by atoms with Crippen LogP contribution in [0.15, 0.2) is 53.4 Å². The van der Waals surface area contributed by atoms with Crippen molar-refractivity contribution >= 4 is 46.6 Å². The fourth-order valence-electron chi connectivity index (χ4n) is 1.91. The van der Waals surface area contributed by atoms with E-state index in [4.69, 9.17) is 16.3 Å². The van der Waals surface area contributed by atoms with Crippen LogP contribution in [0.2, 0.25) is 5.02 Å². The van der Waals surface area contributed by atoms with E-state index in [0.717, 1.165) is 4.90 Å². The van der Waals surface area contributed by atoms with E-state index < -0.39 is 0 Å². The summed E-state index contributed by atoms with van der Waals surface area (Å²) in [5.74, 6) is -0.167. The van der Waals surface area contributed by atoms with E-state index in [1.165, 1.54) is 18.9 Å². The van der Waals surface area contributed by atoms with Gasteiger partial charge in [-0.1, -0.05) is 29.8 Å². The summed E-state index contributed by atoms with van der Waals surface area (Å²) < 4.78 is 4.76. The van der Waals surface area contributed by atoms with Crippen molar-refractivity contribution in [1.29, 1.82) is 0 Å². The van der Waals surface area contributed by atoms with Crippen LogP contribution in [0.5, 0.6) is 0 Å². The van der Waals surface area contributed by atoms with Gasteiger partial charge in [-0.25, -0.2) is 0 Å². The summed E-state index contributed by atoms with van der Waals surface area (Å²) in [6, 6.07) is 14.3. The molecule has 2 amide bonds. The van der Waals surface area contributed by atoms with Crippen LogP contribution in [0.3, 0.4) is 0 Å². The first-order valence-corrected chi connectivity index (χ1v) is 8.51. The number of ether oxygens (including phenoxy) is 1. The zero-order valence-corrected chi connectivity index (χ0v) is 14.6. The average Bonchev–Trinajstić information content (AvgIpc) is 2.54. The highest BCUT2D eigenvalue weighted by Gasteiger charge is 2.07. The molecule has 7 heteroatoms. The van der Waals surface area contributed by atoms with Gasteiger partial charge in [0.05, 0.1) is 10.8 Å². The van der Waals surface area contributed by atoms with Gasteiger partial charge in [0.25, 0.3) is 0 Å². The van der Waals surface area contributed by atoms with Gasteiger partial charge < -0.3 is 15.4 Å². The van der Waals surface area contributed by atoms with E-state index in [2.05, 4.69) is 10.6 Å². The second-order valence-electron chi connectivity index (χ2n) is 4.83. The van der Waals surface area contributed by atoms with E-state index in [1.807, 2.05) is 18.2 Å². The zero-order valence-electron chi connectivity index (χ0n) is 13.0. The number of benzene rings is 2. The molecule has 5 nitrogen and oxygen atoms in total. The first-order valence-electron chi connectivity index (χ1n) is 7.14. The summed E-state index contributed by atoms with van der Waals surface area (Å²) in [5.41, 5.74) is 1.20. The van der Waals surface area contributed by atoms with Gasteiger partial charge in [-0.2, -0.15) is 0 Å². The van der Waals surface area contributed by atoms with Crippen LogP contribution in [-0.4, -0.2) is 31.3 Å². The fourth-order valence-corrected chi connectivity index (χ4v) is 2.94. The Bertz CT molecular complexity index is 724. The number of carbonyl (C=O) groups is 2. The highest BCUT2D eigenvalue weighted by molar-refractivity contribution is 8.00. The third-order valence-electron chi connectivity index (χ3n) is 2.90. The Morgan fingerprint density at radius 3 is 2.38 bits per heavy atom. The van der Waals surface area contributed by atoms with Crippen molar-refractivity contribution in [2.45, 2.75) is 4.90 Å². The molecule has 0 radical (unpaired) electrons. The molecule has 0 saturated heterocycles.